The van der Waals surface area contributed by atoms with Gasteiger partial charge in [0.2, 0.25) is 0 Å². The molecule has 0 aliphatic rings. The van der Waals surface area contributed by atoms with E-state index in [9.17, 15) is 0 Å². The van der Waals surface area contributed by atoms with E-state index < -0.39 is 0 Å². The van der Waals surface area contributed by atoms with Crippen molar-refractivity contribution in [3.05, 3.63) is 15.9 Å². The molecule has 12 heavy (non-hydrogen) atoms. The molecule has 0 aliphatic carbocycles. The van der Waals surface area contributed by atoms with Crippen molar-refractivity contribution in [1.82, 2.24) is 9.78 Å². The Kier molecular flexibility index (Phi) is 3.77. The minimum atomic E-state index is 0.856. The number of hydrogen-bond acceptors (Lipinski definition) is 1. The zero-order chi connectivity index (χ0) is 9.14. The van der Waals surface area contributed by atoms with E-state index in [2.05, 4.69) is 50.8 Å². The van der Waals surface area contributed by atoms with Crippen LogP contribution in [-0.2, 0) is 18.3 Å². The lowest BCUT2D eigenvalue weighted by molar-refractivity contribution is 0.628. The van der Waals surface area contributed by atoms with E-state index in [0.717, 1.165) is 28.5 Å². The second-order valence-corrected chi connectivity index (χ2v) is 3.86. The van der Waals surface area contributed by atoms with E-state index in [1.807, 2.05) is 4.68 Å². The molecule has 0 unspecified atom stereocenters. The van der Waals surface area contributed by atoms with Gasteiger partial charge in [0.15, 0.2) is 0 Å². The Morgan fingerprint density at radius 3 is 2.42 bits per heavy atom. The van der Waals surface area contributed by atoms with Crippen molar-refractivity contribution in [3.63, 3.8) is 0 Å². The first kappa shape index (κ1) is 10.3. The van der Waals surface area contributed by atoms with Gasteiger partial charge < -0.3 is 0 Å². The van der Waals surface area contributed by atoms with Gasteiger partial charge in [-0.1, -0.05) is 22.9 Å². The Labute approximate surface area is 89.6 Å². The minimum Gasteiger partial charge on any atom is -0.268 e. The summed E-state index contributed by atoms with van der Waals surface area (Å²) >= 11 is 7.00. The monoisotopic (exact) mass is 294 g/mol. The van der Waals surface area contributed by atoms with Crippen LogP contribution in [0.3, 0.4) is 0 Å². The minimum absolute atomic E-state index is 0.856. The molecule has 0 radical (unpaired) electrons. The Morgan fingerprint density at radius 2 is 2.08 bits per heavy atom. The summed E-state index contributed by atoms with van der Waals surface area (Å²) in [6, 6.07) is 0. The second kappa shape index (κ2) is 4.42. The highest BCUT2D eigenvalue weighted by Crippen LogP contribution is 2.23. The van der Waals surface area contributed by atoms with E-state index in [-0.39, 0.29) is 0 Å². The fourth-order valence-electron chi connectivity index (χ4n) is 1.14. The molecule has 1 rings (SSSR count). The van der Waals surface area contributed by atoms with Crippen molar-refractivity contribution in [2.45, 2.75) is 32.1 Å². The predicted molar refractivity (Wildman–Crippen MR) is 57.6 cm³/mol. The third kappa shape index (κ3) is 1.74. The van der Waals surface area contributed by atoms with Crippen molar-refractivity contribution in [3.8, 4) is 0 Å². The molecule has 0 N–H and O–H groups in total. The van der Waals surface area contributed by atoms with Crippen LogP contribution in [0.15, 0.2) is 4.47 Å². The standard InChI is InChI=1S/C8H12Br2N2/c1-3-6-8(10)7(5-9)12(4-2)11-6/h3-5H2,1-2H3. The van der Waals surface area contributed by atoms with Gasteiger partial charge in [0.05, 0.1) is 15.9 Å². The maximum absolute atomic E-state index is 4.46. The van der Waals surface area contributed by atoms with Crippen LogP contribution >= 0.6 is 31.9 Å². The molecule has 4 heteroatoms. The van der Waals surface area contributed by atoms with E-state index >= 15 is 0 Å². The highest BCUT2D eigenvalue weighted by atomic mass is 79.9. The maximum atomic E-state index is 4.46. The van der Waals surface area contributed by atoms with Gasteiger partial charge in [0, 0.05) is 11.9 Å². The normalized spacial score (nSPS) is 10.7. The summed E-state index contributed by atoms with van der Waals surface area (Å²) in [7, 11) is 0. The summed E-state index contributed by atoms with van der Waals surface area (Å²) in [6.07, 6.45) is 0.980. The van der Waals surface area contributed by atoms with Gasteiger partial charge in [-0.3, -0.25) is 4.68 Å². The lowest BCUT2D eigenvalue weighted by Gasteiger charge is -1.99. The molecule has 2 nitrogen and oxygen atoms in total. The molecule has 0 fully saturated rings. The van der Waals surface area contributed by atoms with Crippen molar-refractivity contribution < 1.29 is 0 Å². The average Bonchev–Trinajstić information content (AvgIpc) is 2.41. The zero-order valence-corrected chi connectivity index (χ0v) is 10.4. The Bertz CT molecular complexity index is 268. The molecule has 1 aromatic heterocycles. The van der Waals surface area contributed by atoms with Gasteiger partial charge in [-0.2, -0.15) is 5.10 Å². The second-order valence-electron chi connectivity index (χ2n) is 2.51. The average molecular weight is 296 g/mol. The molecule has 0 saturated heterocycles. The first-order chi connectivity index (χ1) is 5.74. The summed E-state index contributed by atoms with van der Waals surface area (Å²) in [6.45, 7) is 5.15. The lowest BCUT2D eigenvalue weighted by atomic mass is 10.3. The third-order valence-corrected chi connectivity index (χ3v) is 3.27. The van der Waals surface area contributed by atoms with Crippen LogP contribution in [0.2, 0.25) is 0 Å². The number of halogens is 2. The van der Waals surface area contributed by atoms with Crippen LogP contribution in [0, 0.1) is 0 Å². The lowest BCUT2D eigenvalue weighted by Crippen LogP contribution is -2.00. The molecule has 68 valence electrons. The van der Waals surface area contributed by atoms with E-state index in [1.54, 1.807) is 0 Å². The summed E-state index contributed by atoms with van der Waals surface area (Å²) in [5.41, 5.74) is 2.38. The smallest absolute Gasteiger partial charge is 0.0767 e. The molecule has 0 spiro atoms. The Balaban J connectivity index is 3.13. The van der Waals surface area contributed by atoms with Crippen molar-refractivity contribution in [2.24, 2.45) is 0 Å². The summed E-state index contributed by atoms with van der Waals surface area (Å²) < 4.78 is 3.18. The predicted octanol–water partition coefficient (Wildman–Crippen LogP) is 3.12. The molecular weight excluding hydrogens is 284 g/mol. The Hall–Kier alpha value is 0.170. The third-order valence-electron chi connectivity index (χ3n) is 1.82. The summed E-state index contributed by atoms with van der Waals surface area (Å²) in [4.78, 5) is 0. The van der Waals surface area contributed by atoms with Gasteiger partial charge in [-0.25, -0.2) is 0 Å². The first-order valence-electron chi connectivity index (χ1n) is 4.04. The SMILES string of the molecule is CCc1nn(CC)c(CBr)c1Br. The number of nitrogens with zero attached hydrogens (tertiary/aromatic N) is 2. The van der Waals surface area contributed by atoms with Crippen LogP contribution in [-0.4, -0.2) is 9.78 Å². The number of hydrogen-bond donors (Lipinski definition) is 0. The topological polar surface area (TPSA) is 17.8 Å². The van der Waals surface area contributed by atoms with E-state index in [0.29, 0.717) is 0 Å². The summed E-state index contributed by atoms with van der Waals surface area (Å²) in [5, 5.41) is 5.31. The highest BCUT2D eigenvalue weighted by Gasteiger charge is 2.11. The van der Waals surface area contributed by atoms with Crippen molar-refractivity contribution in [1.29, 1.82) is 0 Å². The van der Waals surface area contributed by atoms with Gasteiger partial charge >= 0.3 is 0 Å². The largest absolute Gasteiger partial charge is 0.268 e. The number of aromatic nitrogens is 2. The molecule has 0 bridgehead atoms. The molecule has 0 saturated carbocycles. The Morgan fingerprint density at radius 1 is 1.42 bits per heavy atom. The molecule has 0 aliphatic heterocycles. The zero-order valence-electron chi connectivity index (χ0n) is 7.27. The van der Waals surface area contributed by atoms with Crippen LogP contribution < -0.4 is 0 Å². The molecule has 0 atom stereocenters. The van der Waals surface area contributed by atoms with E-state index in [4.69, 9.17) is 0 Å². The molecule has 1 heterocycles. The van der Waals surface area contributed by atoms with Crippen LogP contribution in [0.25, 0.3) is 0 Å². The molecular formula is C8H12Br2N2. The highest BCUT2D eigenvalue weighted by molar-refractivity contribution is 9.10. The van der Waals surface area contributed by atoms with Crippen LogP contribution in [0.5, 0.6) is 0 Å². The quantitative estimate of drug-likeness (QED) is 0.784. The van der Waals surface area contributed by atoms with Gasteiger partial charge in [0.25, 0.3) is 0 Å². The number of aryl methyl sites for hydroxylation is 2. The fraction of sp³-hybridized carbons (Fsp3) is 0.625. The van der Waals surface area contributed by atoms with Gasteiger partial charge in [-0.15, -0.1) is 0 Å². The van der Waals surface area contributed by atoms with Crippen LogP contribution in [0.1, 0.15) is 25.2 Å². The number of alkyl halides is 1. The van der Waals surface area contributed by atoms with Crippen LogP contribution in [0.4, 0.5) is 0 Å². The van der Waals surface area contributed by atoms with Crippen molar-refractivity contribution >= 4 is 31.9 Å². The maximum Gasteiger partial charge on any atom is 0.0767 e. The van der Waals surface area contributed by atoms with Gasteiger partial charge in [-0.05, 0) is 29.3 Å². The number of rotatable bonds is 3. The van der Waals surface area contributed by atoms with Crippen molar-refractivity contribution in [2.75, 3.05) is 0 Å². The van der Waals surface area contributed by atoms with Gasteiger partial charge in [0.1, 0.15) is 0 Å². The fourth-order valence-corrected chi connectivity index (χ4v) is 2.80. The molecule has 0 aromatic carbocycles. The summed E-state index contributed by atoms with van der Waals surface area (Å²) in [5.74, 6) is 0. The molecule has 1 aromatic rings. The first-order valence-corrected chi connectivity index (χ1v) is 5.96. The van der Waals surface area contributed by atoms with E-state index in [1.165, 1.54) is 5.69 Å². The molecule has 0 amide bonds.